The number of aliphatic imine (C=N–C) groups is 1. The fraction of sp³-hybridized carbons (Fsp3) is 0.276. The molecule has 1 aromatic heterocycles. The Hall–Kier alpha value is -4.33. The van der Waals surface area contributed by atoms with E-state index in [1.807, 2.05) is 54.7 Å². The van der Waals surface area contributed by atoms with E-state index in [1.165, 1.54) is 0 Å². The lowest BCUT2D eigenvalue weighted by Gasteiger charge is -2.37. The van der Waals surface area contributed by atoms with Crippen molar-refractivity contribution in [2.45, 2.75) is 12.5 Å². The van der Waals surface area contributed by atoms with Crippen LogP contribution >= 0.6 is 0 Å². The lowest BCUT2D eigenvalue weighted by atomic mass is 10.1. The van der Waals surface area contributed by atoms with Gasteiger partial charge in [0.1, 0.15) is 24.3 Å². The summed E-state index contributed by atoms with van der Waals surface area (Å²) in [7, 11) is 0. The Labute approximate surface area is 215 Å². The first-order chi connectivity index (χ1) is 18.3. The third-order valence-electron chi connectivity index (χ3n) is 6.83. The van der Waals surface area contributed by atoms with Crippen LogP contribution in [0.25, 0.3) is 10.8 Å². The van der Waals surface area contributed by atoms with Crippen molar-refractivity contribution in [3.63, 3.8) is 0 Å². The normalized spacial score (nSPS) is 18.9. The number of pyridine rings is 1. The van der Waals surface area contributed by atoms with E-state index < -0.39 is 0 Å². The summed E-state index contributed by atoms with van der Waals surface area (Å²) in [5.41, 5.74) is 0.555. The van der Waals surface area contributed by atoms with E-state index >= 15 is 0 Å². The molecule has 37 heavy (non-hydrogen) atoms. The monoisotopic (exact) mass is 495 g/mol. The molecule has 0 spiro atoms. The first-order valence-corrected chi connectivity index (χ1v) is 12.7. The number of hydrogen-bond donors (Lipinski definition) is 1. The summed E-state index contributed by atoms with van der Waals surface area (Å²) >= 11 is 0. The van der Waals surface area contributed by atoms with Gasteiger partial charge in [-0.1, -0.05) is 48.6 Å². The standard InChI is InChI=1S/C29H29N5O3/c35-29(32-18-21-20-36-25-10-5-6-11-26(25)37-21)24-19-31-28(23-9-4-3-8-22(23)24)34-16-14-33(15-17-34)27-12-2-1-7-13-30-27/h1-6,8-13,19,21H,7,14-18,20H2,(H,32,35). The van der Waals surface area contributed by atoms with E-state index in [1.54, 1.807) is 6.20 Å². The maximum absolute atomic E-state index is 13.2. The molecule has 1 unspecified atom stereocenters. The summed E-state index contributed by atoms with van der Waals surface area (Å²) < 4.78 is 11.7. The number of rotatable bonds is 5. The molecule has 1 saturated heterocycles. The number of allylic oxidation sites excluding steroid dienone is 3. The van der Waals surface area contributed by atoms with Crippen LogP contribution < -0.4 is 19.7 Å². The highest BCUT2D eigenvalue weighted by atomic mass is 16.6. The molecule has 0 bridgehead atoms. The van der Waals surface area contributed by atoms with E-state index in [0.717, 1.165) is 60.8 Å². The fourth-order valence-corrected chi connectivity index (χ4v) is 4.89. The molecule has 6 rings (SSSR count). The van der Waals surface area contributed by atoms with Crippen molar-refractivity contribution in [3.8, 4) is 11.5 Å². The Kier molecular flexibility index (Phi) is 6.45. The summed E-state index contributed by atoms with van der Waals surface area (Å²) in [5.74, 6) is 3.17. The van der Waals surface area contributed by atoms with Crippen LogP contribution in [0.2, 0.25) is 0 Å². The van der Waals surface area contributed by atoms with Crippen LogP contribution in [-0.4, -0.2) is 67.4 Å². The van der Waals surface area contributed by atoms with Crippen molar-refractivity contribution < 1.29 is 14.3 Å². The van der Waals surface area contributed by atoms with E-state index in [2.05, 4.69) is 38.3 Å². The van der Waals surface area contributed by atoms with Gasteiger partial charge in [-0.15, -0.1) is 0 Å². The third-order valence-corrected chi connectivity index (χ3v) is 6.83. The number of benzene rings is 2. The maximum atomic E-state index is 13.2. The average molecular weight is 496 g/mol. The Morgan fingerprint density at radius 2 is 1.73 bits per heavy atom. The van der Waals surface area contributed by atoms with E-state index in [4.69, 9.17) is 14.5 Å². The first-order valence-electron chi connectivity index (χ1n) is 12.7. The van der Waals surface area contributed by atoms with E-state index in [-0.39, 0.29) is 12.0 Å². The van der Waals surface area contributed by atoms with Crippen molar-refractivity contribution >= 4 is 28.7 Å². The number of ether oxygens (including phenoxy) is 2. The number of piperazine rings is 1. The van der Waals surface area contributed by atoms with Crippen molar-refractivity contribution in [2.24, 2.45) is 4.99 Å². The minimum Gasteiger partial charge on any atom is -0.486 e. The molecule has 0 radical (unpaired) electrons. The smallest absolute Gasteiger partial charge is 0.253 e. The highest BCUT2D eigenvalue weighted by Crippen LogP contribution is 2.31. The fourth-order valence-electron chi connectivity index (χ4n) is 4.89. The van der Waals surface area contributed by atoms with Gasteiger partial charge in [-0.25, -0.2) is 9.98 Å². The van der Waals surface area contributed by atoms with Gasteiger partial charge in [-0.05, 0) is 23.6 Å². The molecule has 1 fully saturated rings. The van der Waals surface area contributed by atoms with E-state index in [9.17, 15) is 4.79 Å². The quantitative estimate of drug-likeness (QED) is 0.580. The van der Waals surface area contributed by atoms with Gasteiger partial charge >= 0.3 is 0 Å². The summed E-state index contributed by atoms with van der Waals surface area (Å²) in [6, 6.07) is 15.5. The molecule has 3 aliphatic rings. The maximum Gasteiger partial charge on any atom is 0.253 e. The molecular weight excluding hydrogens is 466 g/mol. The minimum atomic E-state index is -0.253. The highest BCUT2D eigenvalue weighted by molar-refractivity contribution is 6.09. The van der Waals surface area contributed by atoms with Crippen LogP contribution in [-0.2, 0) is 0 Å². The Morgan fingerprint density at radius 3 is 2.59 bits per heavy atom. The molecule has 4 heterocycles. The van der Waals surface area contributed by atoms with E-state index in [0.29, 0.717) is 24.5 Å². The zero-order chi connectivity index (χ0) is 25.0. The second-order valence-electron chi connectivity index (χ2n) is 9.22. The molecule has 0 aliphatic carbocycles. The van der Waals surface area contributed by atoms with Crippen LogP contribution in [0.3, 0.4) is 0 Å². The van der Waals surface area contributed by atoms with Crippen molar-refractivity contribution in [3.05, 3.63) is 84.3 Å². The van der Waals surface area contributed by atoms with Crippen LogP contribution in [0, 0.1) is 0 Å². The molecule has 8 nitrogen and oxygen atoms in total. The number of para-hydroxylation sites is 2. The Bertz CT molecular complexity index is 1390. The van der Waals surface area contributed by atoms with Crippen LogP contribution in [0.5, 0.6) is 11.5 Å². The van der Waals surface area contributed by atoms with Gasteiger partial charge in [0.25, 0.3) is 5.91 Å². The number of aromatic nitrogens is 1. The Balaban J connectivity index is 1.15. The predicted molar refractivity (Wildman–Crippen MR) is 145 cm³/mol. The molecule has 3 aliphatic heterocycles. The number of carbonyl (C=O) groups excluding carboxylic acids is 1. The largest absolute Gasteiger partial charge is 0.486 e. The number of amides is 1. The summed E-state index contributed by atoms with van der Waals surface area (Å²) in [6.45, 7) is 4.13. The number of carbonyl (C=O) groups is 1. The van der Waals surface area contributed by atoms with Crippen molar-refractivity contribution in [2.75, 3.05) is 44.2 Å². The van der Waals surface area contributed by atoms with Gasteiger partial charge < -0.3 is 24.6 Å². The number of anilines is 1. The summed E-state index contributed by atoms with van der Waals surface area (Å²) in [4.78, 5) is 27.1. The highest BCUT2D eigenvalue weighted by Gasteiger charge is 2.24. The third kappa shape index (κ3) is 4.87. The van der Waals surface area contributed by atoms with Crippen molar-refractivity contribution in [1.29, 1.82) is 0 Å². The summed E-state index contributed by atoms with van der Waals surface area (Å²) in [6.07, 6.45) is 10.5. The van der Waals surface area contributed by atoms with Gasteiger partial charge in [-0.2, -0.15) is 0 Å². The van der Waals surface area contributed by atoms with Gasteiger partial charge in [0.15, 0.2) is 11.5 Å². The average Bonchev–Trinajstić information content (AvgIpc) is 3.25. The SMILES string of the molecule is O=C(NCC1COc2ccccc2O1)c1cnc(N2CCN(C3=CC=CCC=N3)CC2)c2ccccc12. The second-order valence-corrected chi connectivity index (χ2v) is 9.22. The van der Waals surface area contributed by atoms with Crippen molar-refractivity contribution in [1.82, 2.24) is 15.2 Å². The van der Waals surface area contributed by atoms with Gasteiger partial charge in [0.2, 0.25) is 0 Å². The molecule has 1 atom stereocenters. The molecular formula is C29H29N5O3. The molecule has 188 valence electrons. The predicted octanol–water partition coefficient (Wildman–Crippen LogP) is 3.80. The number of hydrogen-bond acceptors (Lipinski definition) is 7. The van der Waals surface area contributed by atoms with Gasteiger partial charge in [0, 0.05) is 50.4 Å². The van der Waals surface area contributed by atoms with Gasteiger partial charge in [0.05, 0.1) is 12.1 Å². The molecule has 0 saturated carbocycles. The first kappa shape index (κ1) is 23.1. The molecule has 3 aromatic rings. The number of nitrogens with zero attached hydrogens (tertiary/aromatic N) is 4. The van der Waals surface area contributed by atoms with Crippen LogP contribution in [0.15, 0.2) is 83.8 Å². The van der Waals surface area contributed by atoms with Crippen LogP contribution in [0.4, 0.5) is 5.82 Å². The minimum absolute atomic E-state index is 0.172. The molecule has 2 aromatic carbocycles. The molecule has 8 heteroatoms. The number of nitrogens with one attached hydrogen (secondary N) is 1. The summed E-state index contributed by atoms with van der Waals surface area (Å²) in [5, 5.41) is 4.87. The zero-order valence-electron chi connectivity index (χ0n) is 20.5. The topological polar surface area (TPSA) is 79.3 Å². The van der Waals surface area contributed by atoms with Crippen LogP contribution in [0.1, 0.15) is 16.8 Å². The Morgan fingerprint density at radius 1 is 0.973 bits per heavy atom. The molecule has 1 amide bonds. The lowest BCUT2D eigenvalue weighted by molar-refractivity contribution is 0.0790. The zero-order valence-corrected chi connectivity index (χ0v) is 20.5. The molecule has 1 N–H and O–H groups in total. The van der Waals surface area contributed by atoms with Gasteiger partial charge in [-0.3, -0.25) is 4.79 Å². The lowest BCUT2D eigenvalue weighted by Crippen LogP contribution is -2.46. The second kappa shape index (κ2) is 10.3. The number of fused-ring (bicyclic) bond motifs is 2.